The first-order chi connectivity index (χ1) is 11.5. The van der Waals surface area contributed by atoms with Gasteiger partial charge in [0.1, 0.15) is 0 Å². The molecule has 1 aromatic carbocycles. The number of benzene rings is 1. The third kappa shape index (κ3) is 2.50. The summed E-state index contributed by atoms with van der Waals surface area (Å²) in [5.74, 6) is -0.701. The van der Waals surface area contributed by atoms with Gasteiger partial charge in [-0.1, -0.05) is 18.2 Å². The number of hydrogen-bond acceptors (Lipinski definition) is 3. The summed E-state index contributed by atoms with van der Waals surface area (Å²) in [4.78, 5) is 25.2. The maximum atomic E-state index is 13.0. The van der Waals surface area contributed by atoms with E-state index in [0.29, 0.717) is 11.1 Å². The highest BCUT2D eigenvalue weighted by atomic mass is 16.5. The molecule has 126 valence electrons. The quantitative estimate of drug-likeness (QED) is 0.880. The molecule has 1 aliphatic rings. The standard InChI is InChI=1S/C19H22N2O3/c1-11-7-5-8-12(2)17(11)20-18(22)15-13(3)21-10-6-9-14(21)16(15)19(23)24-4/h5,7-8H,6,9-10H2,1-4H3,(H,20,22). The summed E-state index contributed by atoms with van der Waals surface area (Å²) in [7, 11) is 1.35. The van der Waals surface area contributed by atoms with Crippen molar-refractivity contribution in [2.45, 2.75) is 40.2 Å². The second-order valence-electron chi connectivity index (χ2n) is 6.25. The monoisotopic (exact) mass is 326 g/mol. The van der Waals surface area contributed by atoms with Crippen LogP contribution in [0.3, 0.4) is 0 Å². The van der Waals surface area contributed by atoms with Gasteiger partial charge in [-0.15, -0.1) is 0 Å². The SMILES string of the molecule is COC(=O)c1c(C(=O)Nc2c(C)cccc2C)c(C)n2c1CCC2. The topological polar surface area (TPSA) is 60.3 Å². The molecule has 1 N–H and O–H groups in total. The van der Waals surface area contributed by atoms with Crippen LogP contribution in [0.1, 0.15) is 49.7 Å². The van der Waals surface area contributed by atoms with Crippen molar-refractivity contribution in [1.82, 2.24) is 4.57 Å². The molecular formula is C19H22N2O3. The van der Waals surface area contributed by atoms with Gasteiger partial charge < -0.3 is 14.6 Å². The zero-order valence-corrected chi connectivity index (χ0v) is 14.5. The Labute approximate surface area is 141 Å². The molecule has 0 bridgehead atoms. The first kappa shape index (κ1) is 16.3. The van der Waals surface area contributed by atoms with E-state index >= 15 is 0 Å². The van der Waals surface area contributed by atoms with Gasteiger partial charge in [0.05, 0.1) is 18.2 Å². The lowest BCUT2D eigenvalue weighted by Gasteiger charge is -2.12. The van der Waals surface area contributed by atoms with Crippen LogP contribution in [0.5, 0.6) is 0 Å². The Morgan fingerprint density at radius 1 is 1.12 bits per heavy atom. The van der Waals surface area contributed by atoms with Crippen molar-refractivity contribution in [2.75, 3.05) is 12.4 Å². The van der Waals surface area contributed by atoms with Gasteiger partial charge in [0.15, 0.2) is 0 Å². The van der Waals surface area contributed by atoms with E-state index in [0.717, 1.165) is 47.6 Å². The molecule has 5 heteroatoms. The lowest BCUT2D eigenvalue weighted by atomic mass is 10.0. The van der Waals surface area contributed by atoms with Crippen LogP contribution in [0.2, 0.25) is 0 Å². The van der Waals surface area contributed by atoms with Crippen LogP contribution in [0.15, 0.2) is 18.2 Å². The first-order valence-corrected chi connectivity index (χ1v) is 8.13. The molecule has 0 saturated heterocycles. The summed E-state index contributed by atoms with van der Waals surface area (Å²) >= 11 is 0. The van der Waals surface area contributed by atoms with E-state index in [1.165, 1.54) is 7.11 Å². The molecule has 1 aliphatic heterocycles. The number of fused-ring (bicyclic) bond motifs is 1. The average Bonchev–Trinajstić information content (AvgIpc) is 3.12. The number of carbonyl (C=O) groups is 2. The van der Waals surface area contributed by atoms with Crippen molar-refractivity contribution in [3.05, 3.63) is 51.8 Å². The first-order valence-electron chi connectivity index (χ1n) is 8.13. The number of hydrogen-bond donors (Lipinski definition) is 1. The minimum atomic E-state index is -0.444. The van der Waals surface area contributed by atoms with Gasteiger partial charge in [0, 0.05) is 23.6 Å². The van der Waals surface area contributed by atoms with Crippen LogP contribution in [-0.4, -0.2) is 23.6 Å². The van der Waals surface area contributed by atoms with Crippen LogP contribution in [-0.2, 0) is 17.7 Å². The van der Waals surface area contributed by atoms with Gasteiger partial charge in [0.2, 0.25) is 0 Å². The molecule has 5 nitrogen and oxygen atoms in total. The smallest absolute Gasteiger partial charge is 0.340 e. The number of anilines is 1. The third-order valence-electron chi connectivity index (χ3n) is 4.76. The van der Waals surface area contributed by atoms with Crippen molar-refractivity contribution in [3.8, 4) is 0 Å². The summed E-state index contributed by atoms with van der Waals surface area (Å²) in [5.41, 5.74) is 5.36. The number of methoxy groups -OCH3 is 1. The van der Waals surface area contributed by atoms with Crippen molar-refractivity contribution in [2.24, 2.45) is 0 Å². The van der Waals surface area contributed by atoms with Crippen molar-refractivity contribution >= 4 is 17.6 Å². The van der Waals surface area contributed by atoms with Crippen molar-refractivity contribution in [3.63, 3.8) is 0 Å². The Bertz CT molecular complexity index is 813. The number of carbonyl (C=O) groups excluding carboxylic acids is 2. The fraction of sp³-hybridized carbons (Fsp3) is 0.368. The molecular weight excluding hydrogens is 304 g/mol. The zero-order valence-electron chi connectivity index (χ0n) is 14.5. The Kier molecular flexibility index (Phi) is 4.18. The molecule has 0 aliphatic carbocycles. The molecule has 1 aromatic heterocycles. The minimum absolute atomic E-state index is 0.257. The minimum Gasteiger partial charge on any atom is -0.465 e. The molecule has 0 spiro atoms. The lowest BCUT2D eigenvalue weighted by Crippen LogP contribution is -2.18. The van der Waals surface area contributed by atoms with Gasteiger partial charge in [-0.3, -0.25) is 4.79 Å². The normalized spacial score (nSPS) is 12.8. The van der Waals surface area contributed by atoms with Crippen LogP contribution in [0.4, 0.5) is 5.69 Å². The van der Waals surface area contributed by atoms with Crippen LogP contribution in [0, 0.1) is 20.8 Å². The lowest BCUT2D eigenvalue weighted by molar-refractivity contribution is 0.0596. The Balaban J connectivity index is 2.06. The maximum Gasteiger partial charge on any atom is 0.340 e. The predicted octanol–water partition coefficient (Wildman–Crippen LogP) is 3.40. The summed E-state index contributed by atoms with van der Waals surface area (Å²) in [6.07, 6.45) is 1.78. The number of para-hydroxylation sites is 1. The van der Waals surface area contributed by atoms with Crippen LogP contribution in [0.25, 0.3) is 0 Å². The van der Waals surface area contributed by atoms with E-state index in [1.807, 2.05) is 39.0 Å². The highest BCUT2D eigenvalue weighted by molar-refractivity contribution is 6.13. The van der Waals surface area contributed by atoms with Gasteiger partial charge >= 0.3 is 5.97 Å². The van der Waals surface area contributed by atoms with E-state index < -0.39 is 5.97 Å². The molecule has 24 heavy (non-hydrogen) atoms. The fourth-order valence-corrected chi connectivity index (χ4v) is 3.55. The number of rotatable bonds is 3. The highest BCUT2D eigenvalue weighted by Crippen LogP contribution is 2.31. The number of aromatic nitrogens is 1. The summed E-state index contributed by atoms with van der Waals surface area (Å²) in [6.45, 7) is 6.63. The van der Waals surface area contributed by atoms with Gasteiger partial charge in [-0.2, -0.15) is 0 Å². The number of ether oxygens (including phenoxy) is 1. The average molecular weight is 326 g/mol. The fourth-order valence-electron chi connectivity index (χ4n) is 3.55. The summed E-state index contributed by atoms with van der Waals surface area (Å²) < 4.78 is 6.99. The van der Waals surface area contributed by atoms with E-state index in [4.69, 9.17) is 4.74 Å². The predicted molar refractivity (Wildman–Crippen MR) is 92.7 cm³/mol. The molecule has 0 radical (unpaired) electrons. The van der Waals surface area contributed by atoms with Gasteiger partial charge in [0.25, 0.3) is 5.91 Å². The molecule has 2 heterocycles. The number of esters is 1. The summed E-state index contributed by atoms with van der Waals surface area (Å²) in [5, 5.41) is 2.98. The molecule has 0 atom stereocenters. The highest BCUT2D eigenvalue weighted by Gasteiger charge is 2.32. The van der Waals surface area contributed by atoms with Crippen molar-refractivity contribution in [1.29, 1.82) is 0 Å². The van der Waals surface area contributed by atoms with Gasteiger partial charge in [-0.05, 0) is 44.7 Å². The second kappa shape index (κ2) is 6.15. The molecule has 0 saturated carbocycles. The van der Waals surface area contributed by atoms with E-state index in [9.17, 15) is 9.59 Å². The second-order valence-corrected chi connectivity index (χ2v) is 6.25. The number of aryl methyl sites for hydroxylation is 2. The molecule has 0 fully saturated rings. The molecule has 0 unspecified atom stereocenters. The van der Waals surface area contributed by atoms with Crippen molar-refractivity contribution < 1.29 is 14.3 Å². The number of nitrogens with zero attached hydrogens (tertiary/aromatic N) is 1. The Morgan fingerprint density at radius 2 is 1.79 bits per heavy atom. The summed E-state index contributed by atoms with van der Waals surface area (Å²) in [6, 6.07) is 5.87. The van der Waals surface area contributed by atoms with E-state index in [-0.39, 0.29) is 5.91 Å². The maximum absolute atomic E-state index is 13.0. The largest absolute Gasteiger partial charge is 0.465 e. The Morgan fingerprint density at radius 3 is 2.42 bits per heavy atom. The van der Waals surface area contributed by atoms with Crippen LogP contribution < -0.4 is 5.32 Å². The van der Waals surface area contributed by atoms with Gasteiger partial charge in [-0.25, -0.2) is 4.79 Å². The Hall–Kier alpha value is -2.56. The molecule has 3 rings (SSSR count). The van der Waals surface area contributed by atoms with E-state index in [2.05, 4.69) is 9.88 Å². The number of nitrogens with one attached hydrogen (secondary N) is 1. The van der Waals surface area contributed by atoms with Crippen LogP contribution >= 0.6 is 0 Å². The third-order valence-corrected chi connectivity index (χ3v) is 4.76. The van der Waals surface area contributed by atoms with E-state index in [1.54, 1.807) is 0 Å². The molecule has 2 aromatic rings. The zero-order chi connectivity index (χ0) is 17.4. The molecule has 1 amide bonds. The number of amides is 1.